The van der Waals surface area contributed by atoms with Gasteiger partial charge in [-0.1, -0.05) is 6.92 Å². The molecule has 0 amide bonds. The summed E-state index contributed by atoms with van der Waals surface area (Å²) in [6.07, 6.45) is 2.70. The molecule has 1 aromatic heterocycles. The third-order valence-corrected chi connectivity index (χ3v) is 2.52. The number of ether oxygens (including phenoxy) is 1. The lowest BCUT2D eigenvalue weighted by atomic mass is 10.3. The number of anilines is 3. The fourth-order valence-electron chi connectivity index (χ4n) is 1.61. The zero-order valence-corrected chi connectivity index (χ0v) is 10.9. The summed E-state index contributed by atoms with van der Waals surface area (Å²) in [5, 5.41) is 3.27. The molecule has 1 heterocycles. The van der Waals surface area contributed by atoms with E-state index in [2.05, 4.69) is 22.7 Å². The minimum atomic E-state index is 0.618. The van der Waals surface area contributed by atoms with Gasteiger partial charge >= 0.3 is 0 Å². The van der Waals surface area contributed by atoms with Gasteiger partial charge in [-0.15, -0.1) is 0 Å². The third kappa shape index (κ3) is 3.86. The Morgan fingerprint density at radius 3 is 2.63 bits per heavy atom. The van der Waals surface area contributed by atoms with Crippen LogP contribution in [-0.2, 0) is 0 Å². The normalized spacial score (nSPS) is 10.0. The van der Waals surface area contributed by atoms with Crippen LogP contribution in [0, 0.1) is 0 Å². The fourth-order valence-corrected chi connectivity index (χ4v) is 1.61. The Morgan fingerprint density at radius 1 is 1.16 bits per heavy atom. The summed E-state index contributed by atoms with van der Waals surface area (Å²) >= 11 is 0. The number of nitrogens with zero attached hydrogens (tertiary/aromatic N) is 1. The number of nitrogen functional groups attached to an aromatic ring is 1. The number of hydrazine groups is 1. The van der Waals surface area contributed by atoms with Crippen molar-refractivity contribution >= 4 is 17.2 Å². The van der Waals surface area contributed by atoms with Crippen LogP contribution >= 0.6 is 0 Å². The summed E-state index contributed by atoms with van der Waals surface area (Å²) in [4.78, 5) is 4.05. The predicted molar refractivity (Wildman–Crippen MR) is 77.6 cm³/mol. The van der Waals surface area contributed by atoms with Gasteiger partial charge in [-0.25, -0.2) is 10.8 Å². The van der Waals surface area contributed by atoms with E-state index in [4.69, 9.17) is 10.6 Å². The smallest absolute Gasteiger partial charge is 0.141 e. The van der Waals surface area contributed by atoms with Gasteiger partial charge in [0, 0.05) is 23.6 Å². The number of hydrogen-bond acceptors (Lipinski definition) is 5. The van der Waals surface area contributed by atoms with E-state index in [1.54, 1.807) is 6.20 Å². The first-order valence-electron chi connectivity index (χ1n) is 6.24. The summed E-state index contributed by atoms with van der Waals surface area (Å²) in [5.74, 6) is 6.82. The van der Waals surface area contributed by atoms with Crippen LogP contribution in [0.5, 0.6) is 5.75 Å². The predicted octanol–water partition coefficient (Wildman–Crippen LogP) is 2.90. The first-order valence-corrected chi connectivity index (χ1v) is 6.24. The molecule has 0 aliphatic carbocycles. The molecule has 0 aliphatic heterocycles. The van der Waals surface area contributed by atoms with Crippen LogP contribution in [0.25, 0.3) is 0 Å². The van der Waals surface area contributed by atoms with Crippen LogP contribution in [0.1, 0.15) is 13.3 Å². The summed E-state index contributed by atoms with van der Waals surface area (Å²) < 4.78 is 5.53. The van der Waals surface area contributed by atoms with Gasteiger partial charge in [0.2, 0.25) is 0 Å². The minimum absolute atomic E-state index is 0.618. The molecule has 0 saturated heterocycles. The quantitative estimate of drug-likeness (QED) is 0.549. The molecule has 0 atom stereocenters. The molecule has 1 aromatic carbocycles. The molecule has 2 rings (SSSR count). The lowest BCUT2D eigenvalue weighted by molar-refractivity contribution is 0.317. The second kappa shape index (κ2) is 6.61. The number of hydrogen-bond donors (Lipinski definition) is 3. The van der Waals surface area contributed by atoms with Crippen molar-refractivity contribution in [1.82, 2.24) is 4.98 Å². The number of rotatable bonds is 6. The standard InChI is InChI=1S/C14H18N4O/c1-2-9-19-13-5-3-11(4-6-13)17-12-7-8-16-14(10-12)18-15/h3-8,10H,2,9,15H2,1H3,(H2,16,17,18). The Labute approximate surface area is 112 Å². The number of pyridine rings is 1. The highest BCUT2D eigenvalue weighted by molar-refractivity contribution is 5.62. The molecule has 0 unspecified atom stereocenters. The first-order chi connectivity index (χ1) is 9.31. The van der Waals surface area contributed by atoms with Crippen molar-refractivity contribution in [3.8, 4) is 5.75 Å². The van der Waals surface area contributed by atoms with Crippen LogP contribution in [0.4, 0.5) is 17.2 Å². The Kier molecular flexibility index (Phi) is 4.58. The van der Waals surface area contributed by atoms with Gasteiger partial charge in [0.15, 0.2) is 0 Å². The third-order valence-electron chi connectivity index (χ3n) is 2.52. The van der Waals surface area contributed by atoms with E-state index in [-0.39, 0.29) is 0 Å². The van der Waals surface area contributed by atoms with Crippen molar-refractivity contribution in [3.63, 3.8) is 0 Å². The second-order valence-electron chi connectivity index (χ2n) is 4.07. The minimum Gasteiger partial charge on any atom is -0.494 e. The molecule has 0 spiro atoms. The van der Waals surface area contributed by atoms with E-state index in [0.717, 1.165) is 30.2 Å². The van der Waals surface area contributed by atoms with Crippen LogP contribution < -0.4 is 21.3 Å². The molecule has 0 radical (unpaired) electrons. The lowest BCUT2D eigenvalue weighted by Crippen LogP contribution is -2.08. The summed E-state index contributed by atoms with van der Waals surface area (Å²) in [7, 11) is 0. The highest BCUT2D eigenvalue weighted by Gasteiger charge is 1.98. The Balaban J connectivity index is 2.02. The molecule has 0 bridgehead atoms. The maximum absolute atomic E-state index is 5.53. The zero-order chi connectivity index (χ0) is 13.5. The molecule has 4 N–H and O–H groups in total. The molecule has 2 aromatic rings. The van der Waals surface area contributed by atoms with Gasteiger partial charge in [-0.05, 0) is 36.8 Å². The van der Waals surface area contributed by atoms with Gasteiger partial charge in [-0.2, -0.15) is 0 Å². The van der Waals surface area contributed by atoms with Gasteiger partial charge < -0.3 is 15.5 Å². The second-order valence-corrected chi connectivity index (χ2v) is 4.07. The Hall–Kier alpha value is -2.27. The highest BCUT2D eigenvalue weighted by Crippen LogP contribution is 2.21. The molecule has 100 valence electrons. The lowest BCUT2D eigenvalue weighted by Gasteiger charge is -2.09. The molecule has 0 fully saturated rings. The van der Waals surface area contributed by atoms with Crippen molar-refractivity contribution in [2.75, 3.05) is 17.3 Å². The molecular formula is C14H18N4O. The summed E-state index contributed by atoms with van der Waals surface area (Å²) in [6, 6.07) is 11.5. The van der Waals surface area contributed by atoms with E-state index in [0.29, 0.717) is 5.82 Å². The summed E-state index contributed by atoms with van der Waals surface area (Å²) in [5.41, 5.74) is 4.42. The molecule has 5 nitrogen and oxygen atoms in total. The van der Waals surface area contributed by atoms with Crippen molar-refractivity contribution in [2.45, 2.75) is 13.3 Å². The number of nitrogens with one attached hydrogen (secondary N) is 2. The van der Waals surface area contributed by atoms with Crippen LogP contribution in [0.2, 0.25) is 0 Å². The van der Waals surface area contributed by atoms with E-state index < -0.39 is 0 Å². The van der Waals surface area contributed by atoms with Gasteiger partial charge in [0.05, 0.1) is 6.61 Å². The summed E-state index contributed by atoms with van der Waals surface area (Å²) in [6.45, 7) is 2.82. The average Bonchev–Trinajstić information content (AvgIpc) is 2.47. The zero-order valence-electron chi connectivity index (χ0n) is 10.9. The number of benzene rings is 1. The van der Waals surface area contributed by atoms with Crippen LogP contribution in [-0.4, -0.2) is 11.6 Å². The van der Waals surface area contributed by atoms with Gasteiger partial charge in [0.25, 0.3) is 0 Å². The van der Waals surface area contributed by atoms with Gasteiger partial charge in [0.1, 0.15) is 11.6 Å². The maximum atomic E-state index is 5.53. The maximum Gasteiger partial charge on any atom is 0.141 e. The van der Waals surface area contributed by atoms with Crippen molar-refractivity contribution in [1.29, 1.82) is 0 Å². The number of nitrogens with two attached hydrogens (primary N) is 1. The average molecular weight is 258 g/mol. The first kappa shape index (κ1) is 13.2. The Morgan fingerprint density at radius 2 is 1.95 bits per heavy atom. The van der Waals surface area contributed by atoms with E-state index >= 15 is 0 Å². The molecule has 19 heavy (non-hydrogen) atoms. The molecule has 5 heteroatoms. The Bertz CT molecular complexity index is 513. The van der Waals surface area contributed by atoms with Crippen molar-refractivity contribution < 1.29 is 4.74 Å². The largest absolute Gasteiger partial charge is 0.494 e. The molecular weight excluding hydrogens is 240 g/mol. The molecule has 0 saturated carbocycles. The van der Waals surface area contributed by atoms with E-state index in [9.17, 15) is 0 Å². The van der Waals surface area contributed by atoms with Crippen LogP contribution in [0.3, 0.4) is 0 Å². The van der Waals surface area contributed by atoms with Gasteiger partial charge in [-0.3, -0.25) is 0 Å². The number of aromatic nitrogens is 1. The van der Waals surface area contributed by atoms with Crippen molar-refractivity contribution in [2.24, 2.45) is 5.84 Å². The molecule has 0 aliphatic rings. The highest BCUT2D eigenvalue weighted by atomic mass is 16.5. The topological polar surface area (TPSA) is 72.2 Å². The van der Waals surface area contributed by atoms with Crippen molar-refractivity contribution in [3.05, 3.63) is 42.6 Å². The van der Waals surface area contributed by atoms with E-state index in [1.807, 2.05) is 36.4 Å². The monoisotopic (exact) mass is 258 g/mol. The van der Waals surface area contributed by atoms with E-state index in [1.165, 1.54) is 0 Å². The SMILES string of the molecule is CCCOc1ccc(Nc2ccnc(NN)c2)cc1. The van der Waals surface area contributed by atoms with Crippen LogP contribution in [0.15, 0.2) is 42.6 Å². The fraction of sp³-hybridized carbons (Fsp3) is 0.214.